The van der Waals surface area contributed by atoms with E-state index in [4.69, 9.17) is 9.26 Å². The molecule has 1 aromatic rings. The Balaban J connectivity index is 0.00000192. The number of nitrogens with one attached hydrogen (secondary N) is 1. The predicted molar refractivity (Wildman–Crippen MR) is 86.3 cm³/mol. The topological polar surface area (TPSA) is 80.5 Å². The lowest BCUT2D eigenvalue weighted by atomic mass is 9.73. The van der Waals surface area contributed by atoms with E-state index in [0.29, 0.717) is 37.7 Å². The van der Waals surface area contributed by atoms with Gasteiger partial charge in [-0.25, -0.2) is 0 Å². The Kier molecular flexibility index (Phi) is 6.38. The minimum absolute atomic E-state index is 0. The Hall–Kier alpha value is -1.18. The van der Waals surface area contributed by atoms with Crippen molar-refractivity contribution in [3.63, 3.8) is 0 Å². The molecular formula is C15H25ClN4O3. The number of aromatic nitrogens is 2. The minimum Gasteiger partial charge on any atom is -0.384 e. The summed E-state index contributed by atoms with van der Waals surface area (Å²) in [6.07, 6.45) is 4.54. The average Bonchev–Trinajstić information content (AvgIpc) is 2.97. The first-order chi connectivity index (χ1) is 10.7. The van der Waals surface area contributed by atoms with Crippen LogP contribution in [0, 0.1) is 5.41 Å². The van der Waals surface area contributed by atoms with Crippen molar-refractivity contribution in [2.45, 2.75) is 38.6 Å². The van der Waals surface area contributed by atoms with Gasteiger partial charge in [0.25, 0.3) is 0 Å². The molecule has 2 aliphatic heterocycles. The number of carbonyl (C=O) groups excluding carboxylic acids is 1. The highest BCUT2D eigenvalue weighted by Crippen LogP contribution is 2.38. The Morgan fingerprint density at radius 2 is 2.13 bits per heavy atom. The summed E-state index contributed by atoms with van der Waals surface area (Å²) in [7, 11) is 1.64. The lowest BCUT2D eigenvalue weighted by Gasteiger charge is -2.44. The normalized spacial score (nSPS) is 20.6. The van der Waals surface area contributed by atoms with Gasteiger partial charge in [-0.1, -0.05) is 5.16 Å². The Bertz CT molecular complexity index is 517. The van der Waals surface area contributed by atoms with Crippen molar-refractivity contribution < 1.29 is 14.1 Å². The molecule has 0 radical (unpaired) electrons. The van der Waals surface area contributed by atoms with Crippen LogP contribution in [0.4, 0.5) is 0 Å². The Morgan fingerprint density at radius 3 is 2.87 bits per heavy atom. The van der Waals surface area contributed by atoms with Gasteiger partial charge in [-0.15, -0.1) is 12.4 Å². The lowest BCUT2D eigenvalue weighted by molar-refractivity contribution is -0.139. The molecule has 7 nitrogen and oxygen atoms in total. The van der Waals surface area contributed by atoms with Crippen LogP contribution in [0.1, 0.15) is 37.4 Å². The monoisotopic (exact) mass is 344 g/mol. The van der Waals surface area contributed by atoms with E-state index in [1.165, 1.54) is 0 Å². The number of nitrogens with zero attached hydrogens (tertiary/aromatic N) is 3. The van der Waals surface area contributed by atoms with Crippen LogP contribution in [0.15, 0.2) is 4.52 Å². The third-order valence-corrected chi connectivity index (χ3v) is 4.78. The predicted octanol–water partition coefficient (Wildman–Crippen LogP) is 1.17. The van der Waals surface area contributed by atoms with Crippen LogP contribution in [0.25, 0.3) is 0 Å². The molecule has 1 spiro atoms. The maximum absolute atomic E-state index is 12.2. The molecule has 1 amide bonds. The fourth-order valence-corrected chi connectivity index (χ4v) is 3.42. The molecule has 2 fully saturated rings. The van der Waals surface area contributed by atoms with Crippen LogP contribution < -0.4 is 5.32 Å². The summed E-state index contributed by atoms with van der Waals surface area (Å²) in [5.41, 5.74) is 0.276. The van der Waals surface area contributed by atoms with Crippen molar-refractivity contribution in [1.82, 2.24) is 20.4 Å². The highest BCUT2D eigenvalue weighted by atomic mass is 35.5. The molecule has 3 heterocycles. The number of amides is 1. The first-order valence-corrected chi connectivity index (χ1v) is 8.00. The van der Waals surface area contributed by atoms with Crippen LogP contribution in [0.5, 0.6) is 0 Å². The van der Waals surface area contributed by atoms with E-state index in [2.05, 4.69) is 15.5 Å². The van der Waals surface area contributed by atoms with E-state index in [0.717, 1.165) is 38.9 Å². The Morgan fingerprint density at radius 1 is 1.35 bits per heavy atom. The zero-order chi connectivity index (χ0) is 15.4. The summed E-state index contributed by atoms with van der Waals surface area (Å²) in [6.45, 7) is 3.89. The molecule has 23 heavy (non-hydrogen) atoms. The lowest BCUT2D eigenvalue weighted by Crippen LogP contribution is -2.50. The van der Waals surface area contributed by atoms with Gasteiger partial charge in [0.15, 0.2) is 5.82 Å². The smallest absolute Gasteiger partial charge is 0.246 e. The zero-order valence-corrected chi connectivity index (χ0v) is 14.4. The van der Waals surface area contributed by atoms with Gasteiger partial charge in [-0.3, -0.25) is 4.79 Å². The fraction of sp³-hybridized carbons (Fsp3) is 0.800. The van der Waals surface area contributed by atoms with Crippen LogP contribution in [-0.4, -0.2) is 54.3 Å². The fourth-order valence-electron chi connectivity index (χ4n) is 3.42. The molecule has 3 rings (SSSR count). The molecule has 0 bridgehead atoms. The number of carbonyl (C=O) groups is 1. The third kappa shape index (κ3) is 4.43. The van der Waals surface area contributed by atoms with Gasteiger partial charge >= 0.3 is 0 Å². The van der Waals surface area contributed by atoms with Gasteiger partial charge in [0.1, 0.15) is 0 Å². The van der Waals surface area contributed by atoms with Crippen molar-refractivity contribution in [2.75, 3.05) is 33.4 Å². The summed E-state index contributed by atoms with van der Waals surface area (Å²) in [6, 6.07) is 0. The molecule has 2 aliphatic rings. The highest BCUT2D eigenvalue weighted by molar-refractivity contribution is 5.85. The van der Waals surface area contributed by atoms with Crippen molar-refractivity contribution in [3.05, 3.63) is 11.7 Å². The number of halogens is 1. The van der Waals surface area contributed by atoms with Gasteiger partial charge in [0.05, 0.1) is 13.2 Å². The molecule has 0 aromatic carbocycles. The number of piperidine rings is 2. The summed E-state index contributed by atoms with van der Waals surface area (Å²) >= 11 is 0. The minimum atomic E-state index is 0. The number of hydrogen-bond donors (Lipinski definition) is 1. The molecular weight excluding hydrogens is 320 g/mol. The molecule has 8 heteroatoms. The number of ether oxygens (including phenoxy) is 1. The van der Waals surface area contributed by atoms with Gasteiger partial charge in [0.2, 0.25) is 11.8 Å². The van der Waals surface area contributed by atoms with E-state index in [1.807, 2.05) is 4.90 Å². The third-order valence-electron chi connectivity index (χ3n) is 4.78. The standard InChI is InChI=1S/C15H24N4O3.ClH/c1-21-9-3-12-17-13(22-18-12)10-19-11-15(4-2-14(19)20)5-7-16-8-6-15;/h16H,2-11H2,1H3;1H. The molecule has 0 aliphatic carbocycles. The van der Waals surface area contributed by atoms with Crippen LogP contribution in [0.2, 0.25) is 0 Å². The van der Waals surface area contributed by atoms with Crippen molar-refractivity contribution in [1.29, 1.82) is 0 Å². The van der Waals surface area contributed by atoms with E-state index in [1.54, 1.807) is 7.11 Å². The van der Waals surface area contributed by atoms with Gasteiger partial charge in [0, 0.05) is 26.5 Å². The summed E-state index contributed by atoms with van der Waals surface area (Å²) in [4.78, 5) is 18.4. The first-order valence-electron chi connectivity index (χ1n) is 8.00. The molecule has 1 aromatic heterocycles. The summed E-state index contributed by atoms with van der Waals surface area (Å²) < 4.78 is 10.3. The SMILES string of the molecule is COCCc1noc(CN2CC3(CCNCC3)CCC2=O)n1.Cl. The highest BCUT2D eigenvalue weighted by Gasteiger charge is 2.39. The second-order valence-electron chi connectivity index (χ2n) is 6.35. The first kappa shape index (κ1) is 18.2. The number of hydrogen-bond acceptors (Lipinski definition) is 6. The van der Waals surface area contributed by atoms with Gasteiger partial charge in [-0.05, 0) is 37.8 Å². The van der Waals surface area contributed by atoms with Crippen molar-refractivity contribution in [3.8, 4) is 0 Å². The van der Waals surface area contributed by atoms with E-state index < -0.39 is 0 Å². The number of methoxy groups -OCH3 is 1. The van der Waals surface area contributed by atoms with Crippen LogP contribution >= 0.6 is 12.4 Å². The molecule has 2 saturated heterocycles. The maximum Gasteiger partial charge on any atom is 0.246 e. The second kappa shape index (κ2) is 8.08. The largest absolute Gasteiger partial charge is 0.384 e. The zero-order valence-electron chi connectivity index (χ0n) is 13.5. The Labute approximate surface area is 142 Å². The molecule has 130 valence electrons. The van der Waals surface area contributed by atoms with Crippen LogP contribution in [-0.2, 0) is 22.5 Å². The van der Waals surface area contributed by atoms with Crippen molar-refractivity contribution in [2.24, 2.45) is 5.41 Å². The van der Waals surface area contributed by atoms with Crippen molar-refractivity contribution >= 4 is 18.3 Å². The second-order valence-corrected chi connectivity index (χ2v) is 6.35. The number of likely N-dealkylation sites (tertiary alicyclic amines) is 1. The quantitative estimate of drug-likeness (QED) is 0.863. The summed E-state index contributed by atoms with van der Waals surface area (Å²) in [5, 5.41) is 7.33. The van der Waals surface area contributed by atoms with E-state index in [9.17, 15) is 4.79 Å². The maximum atomic E-state index is 12.2. The van der Waals surface area contributed by atoms with E-state index >= 15 is 0 Å². The average molecular weight is 345 g/mol. The summed E-state index contributed by atoms with van der Waals surface area (Å²) in [5.74, 6) is 1.35. The van der Waals surface area contributed by atoms with E-state index in [-0.39, 0.29) is 23.7 Å². The molecule has 0 atom stereocenters. The molecule has 0 saturated carbocycles. The molecule has 1 N–H and O–H groups in total. The molecule has 0 unspecified atom stereocenters. The number of rotatable bonds is 5. The van der Waals surface area contributed by atoms with Gasteiger partial charge < -0.3 is 19.5 Å². The van der Waals surface area contributed by atoms with Gasteiger partial charge in [-0.2, -0.15) is 4.98 Å². The van der Waals surface area contributed by atoms with Crippen LogP contribution in [0.3, 0.4) is 0 Å².